The summed E-state index contributed by atoms with van der Waals surface area (Å²) in [6, 6.07) is 0.842. The van der Waals surface area contributed by atoms with Crippen LogP contribution >= 0.6 is 0 Å². The predicted octanol–water partition coefficient (Wildman–Crippen LogP) is 1.88. The first-order chi connectivity index (χ1) is 9.45. The summed E-state index contributed by atoms with van der Waals surface area (Å²) in [5.41, 5.74) is 0. The quantitative estimate of drug-likeness (QED) is 0.321. The van der Waals surface area contributed by atoms with Crippen LogP contribution in [-0.2, 0) is 13.3 Å². The van der Waals surface area contributed by atoms with Crippen molar-refractivity contribution in [2.24, 2.45) is 0 Å². The van der Waals surface area contributed by atoms with Crippen molar-refractivity contribution in [3.8, 4) is 0 Å². The third kappa shape index (κ3) is 8.34. The van der Waals surface area contributed by atoms with E-state index in [0.29, 0.717) is 19.8 Å². The number of aliphatic hydroxyl groups is 1. The first kappa shape index (κ1) is 20.0. The number of hydrogen-bond donors (Lipinski definition) is 1. The van der Waals surface area contributed by atoms with Crippen molar-refractivity contribution < 1.29 is 22.9 Å². The molecule has 6 heteroatoms. The number of quaternary nitrogens is 1. The molecule has 0 fully saturated rings. The van der Waals surface area contributed by atoms with Crippen LogP contribution in [0.2, 0.25) is 6.04 Å². The Bertz CT molecular complexity index is 222. The molecular formula is C14H34NO4Si+. The van der Waals surface area contributed by atoms with Crippen LogP contribution in [0.5, 0.6) is 0 Å². The highest BCUT2D eigenvalue weighted by atomic mass is 28.4. The molecule has 0 aliphatic carbocycles. The molecular weight excluding hydrogens is 274 g/mol. The minimum Gasteiger partial charge on any atom is -0.396 e. The number of aliphatic hydroxyl groups excluding tert-OH is 1. The van der Waals surface area contributed by atoms with E-state index < -0.39 is 8.80 Å². The number of rotatable bonds is 13. The largest absolute Gasteiger partial charge is 0.506 e. The molecule has 0 unspecified atom stereocenters. The summed E-state index contributed by atoms with van der Waals surface area (Å²) in [6.07, 6.45) is 1.91. The average Bonchev–Trinajstić information content (AvgIpc) is 2.38. The van der Waals surface area contributed by atoms with Crippen LogP contribution in [0.3, 0.4) is 0 Å². The van der Waals surface area contributed by atoms with E-state index >= 15 is 0 Å². The lowest BCUT2D eigenvalue weighted by Crippen LogP contribution is -2.51. The van der Waals surface area contributed by atoms with Gasteiger partial charge in [-0.3, -0.25) is 0 Å². The number of hydrogen-bond acceptors (Lipinski definition) is 4. The van der Waals surface area contributed by atoms with Crippen LogP contribution < -0.4 is 0 Å². The molecule has 0 amide bonds. The van der Waals surface area contributed by atoms with Gasteiger partial charge >= 0.3 is 8.80 Å². The van der Waals surface area contributed by atoms with Crippen molar-refractivity contribution in [3.63, 3.8) is 0 Å². The Labute approximate surface area is 125 Å². The van der Waals surface area contributed by atoms with Gasteiger partial charge in [0, 0.05) is 26.4 Å². The molecule has 0 aliphatic heterocycles. The average molecular weight is 309 g/mol. The Morgan fingerprint density at radius 1 is 0.850 bits per heavy atom. The fourth-order valence-electron chi connectivity index (χ4n) is 2.20. The van der Waals surface area contributed by atoms with Crippen molar-refractivity contribution in [2.75, 3.05) is 53.6 Å². The highest BCUT2D eigenvalue weighted by Crippen LogP contribution is 2.18. The smallest absolute Gasteiger partial charge is 0.396 e. The Kier molecular flexibility index (Phi) is 10.7. The van der Waals surface area contributed by atoms with Crippen molar-refractivity contribution >= 4 is 8.80 Å². The predicted molar refractivity (Wildman–Crippen MR) is 83.6 cm³/mol. The summed E-state index contributed by atoms with van der Waals surface area (Å²) in [7, 11) is 1.90. The van der Waals surface area contributed by atoms with Crippen LogP contribution in [0.25, 0.3) is 0 Å². The summed E-state index contributed by atoms with van der Waals surface area (Å²) >= 11 is 0. The van der Waals surface area contributed by atoms with Gasteiger partial charge in [0.1, 0.15) is 0 Å². The van der Waals surface area contributed by atoms with Crippen molar-refractivity contribution in [1.29, 1.82) is 0 Å². The van der Waals surface area contributed by atoms with Crippen molar-refractivity contribution in [2.45, 2.75) is 39.7 Å². The van der Waals surface area contributed by atoms with E-state index in [2.05, 4.69) is 14.1 Å². The minimum atomic E-state index is -2.52. The molecule has 5 nitrogen and oxygen atoms in total. The molecule has 0 spiro atoms. The van der Waals surface area contributed by atoms with Gasteiger partial charge in [-0.1, -0.05) is 0 Å². The van der Waals surface area contributed by atoms with Gasteiger partial charge < -0.3 is 22.9 Å². The summed E-state index contributed by atoms with van der Waals surface area (Å²) in [4.78, 5) is 0. The van der Waals surface area contributed by atoms with E-state index in [9.17, 15) is 0 Å². The normalized spacial score (nSPS) is 12.9. The molecule has 0 saturated carbocycles. The molecule has 0 aromatic carbocycles. The van der Waals surface area contributed by atoms with Gasteiger partial charge in [-0.05, 0) is 33.6 Å². The van der Waals surface area contributed by atoms with E-state index in [0.717, 1.165) is 36.5 Å². The maximum absolute atomic E-state index is 8.87. The molecule has 122 valence electrons. The Hall–Kier alpha value is 0.0169. The zero-order valence-corrected chi connectivity index (χ0v) is 15.0. The fraction of sp³-hybridized carbons (Fsp3) is 1.00. The van der Waals surface area contributed by atoms with E-state index in [1.807, 2.05) is 20.8 Å². The first-order valence-corrected chi connectivity index (χ1v) is 9.73. The van der Waals surface area contributed by atoms with Crippen LogP contribution in [0.4, 0.5) is 0 Å². The van der Waals surface area contributed by atoms with E-state index in [1.165, 1.54) is 0 Å². The minimum absolute atomic E-state index is 0.273. The zero-order chi connectivity index (χ0) is 15.5. The van der Waals surface area contributed by atoms with Gasteiger partial charge in [-0.2, -0.15) is 0 Å². The molecule has 20 heavy (non-hydrogen) atoms. The molecule has 0 radical (unpaired) electrons. The molecule has 0 aromatic heterocycles. The number of unbranched alkanes of at least 4 members (excludes halogenated alkanes) is 1. The van der Waals surface area contributed by atoms with Crippen LogP contribution in [0.15, 0.2) is 0 Å². The second-order valence-corrected chi connectivity index (χ2v) is 8.28. The third-order valence-corrected chi connectivity index (χ3v) is 6.31. The molecule has 1 N–H and O–H groups in total. The zero-order valence-electron chi connectivity index (χ0n) is 14.0. The molecule has 0 bridgehead atoms. The SMILES string of the molecule is CCO[Si](CC[N+](C)(C)CCCCO)(OCC)OCC. The van der Waals surface area contributed by atoms with Crippen LogP contribution in [0, 0.1) is 0 Å². The van der Waals surface area contributed by atoms with Gasteiger partial charge in [-0.15, -0.1) is 0 Å². The van der Waals surface area contributed by atoms with Gasteiger partial charge in [0.2, 0.25) is 0 Å². The maximum atomic E-state index is 8.87. The lowest BCUT2D eigenvalue weighted by atomic mass is 10.3. The van der Waals surface area contributed by atoms with Gasteiger partial charge in [0.05, 0.1) is 33.2 Å². The first-order valence-electron chi connectivity index (χ1n) is 7.80. The summed E-state index contributed by atoms with van der Waals surface area (Å²) in [6.45, 7) is 10.1. The van der Waals surface area contributed by atoms with Crippen LogP contribution in [-0.4, -0.2) is 72.0 Å². The van der Waals surface area contributed by atoms with Gasteiger partial charge in [-0.25, -0.2) is 0 Å². The van der Waals surface area contributed by atoms with Gasteiger partial charge in [0.15, 0.2) is 0 Å². The second kappa shape index (κ2) is 10.7. The van der Waals surface area contributed by atoms with E-state index in [-0.39, 0.29) is 6.61 Å². The van der Waals surface area contributed by atoms with Crippen molar-refractivity contribution in [1.82, 2.24) is 0 Å². The van der Waals surface area contributed by atoms with E-state index in [4.69, 9.17) is 18.4 Å². The standard InChI is InChI=1S/C14H34NO4Si/c1-6-17-20(18-7-2,19-8-3)14-12-15(4,5)11-9-10-13-16/h16H,6-14H2,1-5H3/q+1. The van der Waals surface area contributed by atoms with Crippen molar-refractivity contribution in [3.05, 3.63) is 0 Å². The summed E-state index contributed by atoms with van der Waals surface area (Å²) in [5.74, 6) is 0. The second-order valence-electron chi connectivity index (χ2n) is 5.55. The van der Waals surface area contributed by atoms with Crippen LogP contribution in [0.1, 0.15) is 33.6 Å². The lowest BCUT2D eigenvalue weighted by molar-refractivity contribution is -0.888. The maximum Gasteiger partial charge on any atom is 0.506 e. The molecule has 0 saturated heterocycles. The lowest BCUT2D eigenvalue weighted by Gasteiger charge is -2.34. The van der Waals surface area contributed by atoms with E-state index in [1.54, 1.807) is 0 Å². The number of nitrogens with zero attached hydrogens (tertiary/aromatic N) is 1. The Morgan fingerprint density at radius 3 is 1.75 bits per heavy atom. The Morgan fingerprint density at radius 2 is 1.35 bits per heavy atom. The highest BCUT2D eigenvalue weighted by Gasteiger charge is 2.42. The highest BCUT2D eigenvalue weighted by molar-refractivity contribution is 6.60. The molecule has 0 aliphatic rings. The topological polar surface area (TPSA) is 47.9 Å². The Balaban J connectivity index is 4.47. The summed E-state index contributed by atoms with van der Waals surface area (Å²) < 4.78 is 18.5. The molecule has 0 atom stereocenters. The molecule has 0 heterocycles. The molecule has 0 rings (SSSR count). The monoisotopic (exact) mass is 308 g/mol. The summed E-state index contributed by atoms with van der Waals surface area (Å²) in [5, 5.41) is 8.87. The molecule has 0 aromatic rings. The fourth-order valence-corrected chi connectivity index (χ4v) is 5.09. The van der Waals surface area contributed by atoms with Gasteiger partial charge in [0.25, 0.3) is 0 Å². The third-order valence-electron chi connectivity index (χ3n) is 3.29.